The summed E-state index contributed by atoms with van der Waals surface area (Å²) in [5.41, 5.74) is -39.3. The van der Waals surface area contributed by atoms with E-state index in [-0.39, 0.29) is 111 Å². The Hall–Kier alpha value is 1.33. The Morgan fingerprint density at radius 3 is 0.288 bits per heavy atom. The monoisotopic (exact) mass is 1370 g/mol. The fraction of sp³-hybridized carbons (Fsp3) is 1.00. The molecule has 0 unspecified atom stereocenters. The van der Waals surface area contributed by atoms with Gasteiger partial charge in [0.05, 0.1) is 0 Å². The van der Waals surface area contributed by atoms with Crippen molar-refractivity contribution in [2.24, 2.45) is 0 Å². The van der Waals surface area contributed by atoms with Gasteiger partial charge in [-0.05, 0) is 0 Å². The third-order valence-corrected chi connectivity index (χ3v) is 6.01. The molecule has 21 nitrogen and oxygen atoms in total. The molecule has 0 heterocycles. The van der Waals surface area contributed by atoms with Crippen molar-refractivity contribution < 1.29 is 294 Å². The van der Waals surface area contributed by atoms with Gasteiger partial charge in [0, 0.05) is 0 Å². The maximum atomic E-state index is 10.7. The van der Waals surface area contributed by atoms with E-state index in [0.29, 0.717) is 0 Å². The van der Waals surface area contributed by atoms with Crippen molar-refractivity contribution in [1.82, 2.24) is 0 Å². The molecule has 0 fully saturated rings. The van der Waals surface area contributed by atoms with Gasteiger partial charge in [-0.3, -0.25) is 9.11 Å². The second-order valence-electron chi connectivity index (χ2n) is 6.34. The van der Waals surface area contributed by atoms with Crippen LogP contribution in [0.15, 0.2) is 0 Å². The zero-order valence-electron chi connectivity index (χ0n) is 24.8. The number of hydrogen-bond donors (Lipinski definition) is 2. The van der Waals surface area contributed by atoms with Crippen molar-refractivity contribution in [3.8, 4) is 0 Å². The van der Waals surface area contributed by atoms with Crippen LogP contribution in [0.2, 0.25) is 0 Å². The average molecular weight is 1370 g/mol. The first-order valence-electron chi connectivity index (χ1n) is 8.93. The molecule has 0 aliphatic carbocycles. The van der Waals surface area contributed by atoms with Crippen LogP contribution in [0.5, 0.6) is 0 Å². The summed E-state index contributed by atoms with van der Waals surface area (Å²) in [4.78, 5) is 0. The summed E-state index contributed by atoms with van der Waals surface area (Å²) in [5.74, 6) is 0. The summed E-state index contributed by atoms with van der Waals surface area (Å²) >= 11 is 0. The molecule has 0 aliphatic rings. The zero-order valence-corrected chi connectivity index (χ0v) is 40.8. The minimum absolute atomic E-state index is 0. The Balaban J connectivity index is -0.0000000588. The first-order valence-corrected chi connectivity index (χ1v) is 18.9. The van der Waals surface area contributed by atoms with Crippen LogP contribution in [0.25, 0.3) is 0 Å². The number of halogens is 21. The maximum Gasteiger partial charge on any atom is 2.00 e. The van der Waals surface area contributed by atoms with Gasteiger partial charge in [0.15, 0.2) is 50.6 Å². The van der Waals surface area contributed by atoms with Crippen molar-refractivity contribution in [1.29, 1.82) is 0 Å². The summed E-state index contributed by atoms with van der Waals surface area (Å²) in [6.45, 7) is 0. The summed E-state index contributed by atoms with van der Waals surface area (Å²) in [5, 5.41) is 0. The Labute approximate surface area is 398 Å². The van der Waals surface area contributed by atoms with Gasteiger partial charge < -0.3 is 22.8 Å². The number of hydrogen-bond acceptors (Lipinski definition) is 19. The fourth-order valence-electron chi connectivity index (χ4n) is 0. The molecule has 0 bridgehead atoms. The van der Waals surface area contributed by atoms with E-state index in [1.54, 1.807) is 0 Å². The summed E-state index contributed by atoms with van der Waals surface area (Å²) in [7, 11) is -42.1. The first-order chi connectivity index (χ1) is 22.8. The second-order valence-corrected chi connectivity index (χ2v) is 16.0. The van der Waals surface area contributed by atoms with E-state index in [0.717, 1.165) is 0 Å². The third-order valence-electron chi connectivity index (χ3n) is 2.00. The van der Waals surface area contributed by atoms with Gasteiger partial charge in [0.25, 0.3) is 0 Å². The first kappa shape index (κ1) is 83.8. The smallest absolute Gasteiger partial charge is 0.741 e. The van der Waals surface area contributed by atoms with Gasteiger partial charge >= 0.3 is 170 Å². The molecule has 0 saturated carbocycles. The quantitative estimate of drug-likeness (QED) is 0.115. The van der Waals surface area contributed by atoms with Crippen molar-refractivity contribution in [3.63, 3.8) is 0 Å². The van der Waals surface area contributed by atoms with E-state index in [2.05, 4.69) is 0 Å². The van der Waals surface area contributed by atoms with Gasteiger partial charge in [0.1, 0.15) is 0 Å². The van der Waals surface area contributed by atoms with Crippen molar-refractivity contribution in [3.05, 3.63) is 0 Å². The molecule has 0 aromatic heterocycles. The predicted octanol–water partition coefficient (Wildman–Crippen LogP) is -1.96. The van der Waals surface area contributed by atoms with Gasteiger partial charge in [-0.25, -0.2) is 42.1 Å². The molecule has 0 saturated heterocycles. The molecule has 0 radical (unpaired) electrons. The molecule has 0 rings (SSSR count). The van der Waals surface area contributed by atoms with Crippen LogP contribution in [-0.4, -0.2) is 129 Å². The van der Waals surface area contributed by atoms with Crippen LogP contribution in [0, 0.1) is 0 Å². The Kier molecular flexibility index (Phi) is 39.4. The van der Waals surface area contributed by atoms with E-state index < -0.39 is 109 Å². The topological polar surface area (TPSA) is 395 Å². The molecule has 0 aliphatic heterocycles. The third kappa shape index (κ3) is 47.1. The van der Waals surface area contributed by atoms with Crippen molar-refractivity contribution in [2.75, 3.05) is 0 Å². The predicted molar refractivity (Wildman–Crippen MR) is 114 cm³/mol. The van der Waals surface area contributed by atoms with E-state index in [4.69, 9.17) is 90.8 Å². The number of rotatable bonds is 0. The Bertz CT molecular complexity index is 1580. The Morgan fingerprint density at radius 1 is 0.254 bits per heavy atom. The maximum absolute atomic E-state index is 10.7. The average Bonchev–Trinajstić information content (AvgIpc) is 2.72. The molecule has 59 heavy (non-hydrogen) atoms. The van der Waals surface area contributed by atoms with Crippen LogP contribution in [0.1, 0.15) is 0 Å². The van der Waals surface area contributed by atoms with Crippen molar-refractivity contribution >= 4 is 70.8 Å². The van der Waals surface area contributed by atoms with Gasteiger partial charge in [-0.1, -0.05) is 0 Å². The summed E-state index contributed by atoms with van der Waals surface area (Å²) in [6, 6.07) is 0. The van der Waals surface area contributed by atoms with E-state index in [1.807, 2.05) is 0 Å². The molecular formula is C7H2CsF21Mo2O21S7. The molecule has 0 aromatic carbocycles. The summed E-state index contributed by atoms with van der Waals surface area (Å²) < 4.78 is 410. The molecule has 0 spiro atoms. The molecular weight excluding hydrogens is 1370 g/mol. The molecule has 52 heteroatoms. The van der Waals surface area contributed by atoms with Gasteiger partial charge in [-0.15, -0.1) is 0 Å². The standard InChI is InChI=1S/7CHF3O3S.Cs.2Mo/c7*2-1(3,4)8(5,6)7;;;/h7*(H,5,6,7);;;/q;;;;;;;+1;2*+2/p-5. The molecule has 0 amide bonds. The van der Waals surface area contributed by atoms with Crippen molar-refractivity contribution in [2.45, 2.75) is 38.6 Å². The zero-order chi connectivity index (χ0) is 49.0. The largest absolute Gasteiger partial charge is 2.00 e. The normalized spacial score (nSPS) is 13.3. The van der Waals surface area contributed by atoms with Crippen LogP contribution in [0.3, 0.4) is 0 Å². The number of alkyl halides is 21. The molecule has 358 valence electrons. The second kappa shape index (κ2) is 27.7. The van der Waals surface area contributed by atoms with E-state index >= 15 is 0 Å². The van der Waals surface area contributed by atoms with E-state index in [9.17, 15) is 92.2 Å². The van der Waals surface area contributed by atoms with Gasteiger partial charge in [0.2, 0.25) is 0 Å². The van der Waals surface area contributed by atoms with Crippen LogP contribution >= 0.6 is 0 Å². The minimum atomic E-state index is -6.09. The molecule has 0 atom stereocenters. The van der Waals surface area contributed by atoms with Crippen LogP contribution < -0.4 is 68.9 Å². The van der Waals surface area contributed by atoms with Crippen LogP contribution in [0.4, 0.5) is 92.2 Å². The van der Waals surface area contributed by atoms with Gasteiger partial charge in [-0.2, -0.15) is 109 Å². The summed E-state index contributed by atoms with van der Waals surface area (Å²) in [6.07, 6.45) is 0. The minimum Gasteiger partial charge on any atom is -0.741 e. The van der Waals surface area contributed by atoms with E-state index in [1.165, 1.54) is 0 Å². The molecule has 2 N–H and O–H groups in total. The SMILES string of the molecule is O=S(=O)(O)C(F)(F)F.O=S(=O)(O)C(F)(F)F.O=S(=O)([O-])C(F)(F)F.O=S(=O)([O-])C(F)(F)F.O=S(=O)([O-])C(F)(F)F.O=S(=O)([O-])C(F)(F)F.O=S(=O)([O-])C(F)(F)F.[Cs+].[Mo+2].[Mo+2]. The van der Waals surface area contributed by atoms with Crippen LogP contribution in [-0.2, 0) is 113 Å². The molecule has 0 aromatic rings. The Morgan fingerprint density at radius 2 is 0.288 bits per heavy atom. The fourth-order valence-corrected chi connectivity index (χ4v) is 0.